The second-order valence-electron chi connectivity index (χ2n) is 6.27. The Kier molecular flexibility index (Phi) is 3.71. The molecule has 2 aliphatic rings. The van der Waals surface area contributed by atoms with E-state index in [2.05, 4.69) is 51.9 Å². The summed E-state index contributed by atoms with van der Waals surface area (Å²) < 4.78 is 8.63. The second kappa shape index (κ2) is 5.99. The highest BCUT2D eigenvalue weighted by molar-refractivity contribution is 5.62. The molecule has 2 aliphatic heterocycles. The van der Waals surface area contributed by atoms with Crippen molar-refractivity contribution in [2.75, 3.05) is 31.1 Å². The molecular weight excluding hydrogens is 272 g/mol. The van der Waals surface area contributed by atoms with Crippen molar-refractivity contribution in [2.45, 2.75) is 25.7 Å². The number of benzene rings is 1. The molecule has 0 radical (unpaired) electrons. The Morgan fingerprint density at radius 3 is 2.32 bits per heavy atom. The van der Waals surface area contributed by atoms with Crippen molar-refractivity contribution in [3.05, 3.63) is 48.0 Å². The molecule has 0 N–H and O–H groups in total. The van der Waals surface area contributed by atoms with Gasteiger partial charge in [0.25, 0.3) is 0 Å². The molecule has 0 saturated carbocycles. The maximum atomic E-state index is 6.25. The van der Waals surface area contributed by atoms with E-state index in [9.17, 15) is 0 Å². The maximum Gasteiger partial charge on any atom is 0.369 e. The quantitative estimate of drug-likeness (QED) is 0.793. The summed E-state index contributed by atoms with van der Waals surface area (Å²) in [6, 6.07) is 14.9. The van der Waals surface area contributed by atoms with Crippen LogP contribution < -0.4 is 15.0 Å². The summed E-state index contributed by atoms with van der Waals surface area (Å²) in [5.41, 5.74) is 3.49. The zero-order valence-electron chi connectivity index (χ0n) is 13.0. The maximum absolute atomic E-state index is 6.25. The number of hydrogen-bond acceptors (Lipinski definition) is 2. The van der Waals surface area contributed by atoms with E-state index in [4.69, 9.17) is 4.42 Å². The smallest absolute Gasteiger partial charge is 0.369 e. The third-order valence-electron chi connectivity index (χ3n) is 4.71. The van der Waals surface area contributed by atoms with Crippen molar-refractivity contribution in [3.8, 4) is 11.3 Å². The van der Waals surface area contributed by atoms with Gasteiger partial charge < -0.3 is 9.32 Å². The first-order valence-electron chi connectivity index (χ1n) is 8.44. The van der Waals surface area contributed by atoms with Gasteiger partial charge in [-0.3, -0.25) is 0 Å². The molecule has 3 heteroatoms. The molecule has 0 spiro atoms. The summed E-state index contributed by atoms with van der Waals surface area (Å²) in [5, 5.41) is 0. The highest BCUT2D eigenvalue weighted by Crippen LogP contribution is 2.25. The Bertz CT molecular complexity index is 704. The van der Waals surface area contributed by atoms with Crippen LogP contribution in [-0.2, 0) is 0 Å². The van der Waals surface area contributed by atoms with E-state index in [0.29, 0.717) is 0 Å². The van der Waals surface area contributed by atoms with Crippen LogP contribution in [0, 0.1) is 0 Å². The van der Waals surface area contributed by atoms with Crippen molar-refractivity contribution in [2.24, 2.45) is 0 Å². The van der Waals surface area contributed by atoms with Gasteiger partial charge in [-0.05, 0) is 12.8 Å². The largest absolute Gasteiger partial charge is 0.405 e. The van der Waals surface area contributed by atoms with Crippen molar-refractivity contribution in [3.63, 3.8) is 0 Å². The molecule has 0 aliphatic carbocycles. The molecule has 0 amide bonds. The van der Waals surface area contributed by atoms with E-state index in [1.54, 1.807) is 0 Å². The lowest BCUT2D eigenvalue weighted by Crippen LogP contribution is -2.28. The SMILES string of the molecule is c1ccc(-c2cc(N3CCCC3)cc(=[N+]3CCCC3)o2)cc1. The van der Waals surface area contributed by atoms with Gasteiger partial charge >= 0.3 is 5.55 Å². The third kappa shape index (κ3) is 2.68. The van der Waals surface area contributed by atoms with Crippen LogP contribution in [-0.4, -0.2) is 26.2 Å². The van der Waals surface area contributed by atoms with E-state index >= 15 is 0 Å². The molecule has 3 nitrogen and oxygen atoms in total. The van der Waals surface area contributed by atoms with Gasteiger partial charge in [-0.25, -0.2) is 0 Å². The molecule has 4 rings (SSSR count). The average Bonchev–Trinajstić information content (AvgIpc) is 3.29. The summed E-state index contributed by atoms with van der Waals surface area (Å²) in [6.07, 6.45) is 5.13. The zero-order valence-corrected chi connectivity index (χ0v) is 13.0. The Morgan fingerprint density at radius 2 is 1.59 bits per heavy atom. The Balaban J connectivity index is 1.85. The number of anilines is 1. The fourth-order valence-electron chi connectivity index (χ4n) is 3.47. The summed E-state index contributed by atoms with van der Waals surface area (Å²) in [7, 11) is 0. The third-order valence-corrected chi connectivity index (χ3v) is 4.71. The first-order valence-corrected chi connectivity index (χ1v) is 8.44. The van der Waals surface area contributed by atoms with E-state index in [1.165, 1.54) is 31.4 Å². The Morgan fingerprint density at radius 1 is 0.864 bits per heavy atom. The van der Waals surface area contributed by atoms with E-state index in [-0.39, 0.29) is 0 Å². The van der Waals surface area contributed by atoms with Gasteiger partial charge in [0.1, 0.15) is 18.8 Å². The average molecular weight is 295 g/mol. The normalized spacial score (nSPS) is 18.2. The lowest BCUT2D eigenvalue weighted by molar-refractivity contribution is 0.449. The van der Waals surface area contributed by atoms with Crippen molar-refractivity contribution >= 4 is 5.69 Å². The van der Waals surface area contributed by atoms with Crippen LogP contribution in [0.15, 0.2) is 46.9 Å². The van der Waals surface area contributed by atoms with Crippen molar-refractivity contribution in [1.29, 1.82) is 0 Å². The molecule has 0 bridgehead atoms. The minimum absolute atomic E-state index is 0.979. The topological polar surface area (TPSA) is 19.4 Å². The van der Waals surface area contributed by atoms with Crippen LogP contribution in [0.25, 0.3) is 11.3 Å². The van der Waals surface area contributed by atoms with Gasteiger partial charge in [-0.1, -0.05) is 30.3 Å². The summed E-state index contributed by atoms with van der Waals surface area (Å²) in [5.74, 6) is 0.979. The van der Waals surface area contributed by atoms with Crippen molar-refractivity contribution in [1.82, 2.24) is 4.58 Å². The molecule has 3 heterocycles. The fourth-order valence-corrected chi connectivity index (χ4v) is 3.47. The summed E-state index contributed by atoms with van der Waals surface area (Å²) in [4.78, 5) is 2.49. The molecular formula is C19H23N2O+. The van der Waals surface area contributed by atoms with Gasteiger partial charge in [0.05, 0.1) is 11.8 Å². The standard InChI is InChI=1S/C19H23N2O/c1-2-8-16(9-3-1)18-14-17(20-10-4-5-11-20)15-19(22-18)21-12-6-7-13-21/h1-3,8-9,14-15H,4-7,10-13H2/q+1. The molecule has 0 unspecified atom stereocenters. The molecule has 114 valence electrons. The van der Waals surface area contributed by atoms with Crippen LogP contribution in [0.1, 0.15) is 25.7 Å². The molecule has 0 atom stereocenters. The van der Waals surface area contributed by atoms with Gasteiger partial charge in [-0.15, -0.1) is 0 Å². The first-order chi connectivity index (χ1) is 10.9. The molecule has 22 heavy (non-hydrogen) atoms. The van der Waals surface area contributed by atoms with Crippen LogP contribution in [0.5, 0.6) is 0 Å². The fraction of sp³-hybridized carbons (Fsp3) is 0.421. The summed E-state index contributed by atoms with van der Waals surface area (Å²) in [6.45, 7) is 4.55. The molecule has 1 aromatic carbocycles. The van der Waals surface area contributed by atoms with E-state index in [0.717, 1.165) is 43.1 Å². The van der Waals surface area contributed by atoms with Gasteiger partial charge in [0.15, 0.2) is 0 Å². The number of nitrogens with zero attached hydrogens (tertiary/aromatic N) is 2. The Labute approximate surface area is 131 Å². The monoisotopic (exact) mass is 295 g/mol. The minimum Gasteiger partial charge on any atom is -0.405 e. The zero-order chi connectivity index (χ0) is 14.8. The predicted molar refractivity (Wildman–Crippen MR) is 89.8 cm³/mol. The minimum atomic E-state index is 0.979. The first kappa shape index (κ1) is 13.6. The molecule has 2 aromatic rings. The summed E-state index contributed by atoms with van der Waals surface area (Å²) >= 11 is 0. The number of rotatable bonds is 2. The van der Waals surface area contributed by atoms with Gasteiger partial charge in [-0.2, -0.15) is 4.58 Å². The van der Waals surface area contributed by atoms with E-state index in [1.807, 2.05) is 0 Å². The highest BCUT2D eigenvalue weighted by Gasteiger charge is 2.19. The Hall–Kier alpha value is -2.03. The molecule has 2 fully saturated rings. The number of hydrogen-bond donors (Lipinski definition) is 0. The second-order valence-corrected chi connectivity index (χ2v) is 6.27. The van der Waals surface area contributed by atoms with E-state index < -0.39 is 0 Å². The van der Waals surface area contributed by atoms with Crippen LogP contribution in [0.2, 0.25) is 0 Å². The van der Waals surface area contributed by atoms with Crippen LogP contribution >= 0.6 is 0 Å². The lowest BCUT2D eigenvalue weighted by Gasteiger charge is -2.17. The lowest BCUT2D eigenvalue weighted by atomic mass is 10.1. The van der Waals surface area contributed by atoms with Gasteiger partial charge in [0.2, 0.25) is 0 Å². The van der Waals surface area contributed by atoms with Gasteiger partial charge in [0, 0.05) is 37.6 Å². The van der Waals surface area contributed by atoms with Crippen LogP contribution in [0.4, 0.5) is 5.69 Å². The molecule has 2 saturated heterocycles. The predicted octanol–water partition coefficient (Wildman–Crippen LogP) is 3.11. The highest BCUT2D eigenvalue weighted by atomic mass is 16.3. The molecule has 1 aromatic heterocycles. The van der Waals surface area contributed by atoms with Crippen LogP contribution in [0.3, 0.4) is 0 Å². The van der Waals surface area contributed by atoms with Crippen molar-refractivity contribution < 1.29 is 4.42 Å².